The van der Waals surface area contributed by atoms with Crippen molar-refractivity contribution in [2.75, 3.05) is 11.9 Å². The van der Waals surface area contributed by atoms with Crippen LogP contribution in [0.25, 0.3) is 0 Å². The fraction of sp³-hybridized carbons (Fsp3) is 0.188. The highest BCUT2D eigenvalue weighted by atomic mass is 16.6. The standard InChI is InChI=1S/C16H13N3O5/c20-16-15(12-3-1-2-4-14(12)17-16)13(9-18(21)22)10-5-7-11(8-6-10)19(23)24/h1-8,13,15H,9H2,(H,17,20)/t13-,15?/m1/s1. The molecule has 24 heavy (non-hydrogen) atoms. The molecule has 2 atom stereocenters. The van der Waals surface area contributed by atoms with E-state index in [2.05, 4.69) is 5.32 Å². The molecule has 0 aliphatic carbocycles. The van der Waals surface area contributed by atoms with Crippen molar-refractivity contribution in [1.29, 1.82) is 0 Å². The molecule has 0 saturated carbocycles. The highest BCUT2D eigenvalue weighted by Crippen LogP contribution is 2.42. The Morgan fingerprint density at radius 2 is 1.71 bits per heavy atom. The van der Waals surface area contributed by atoms with Crippen LogP contribution in [-0.2, 0) is 4.79 Å². The molecule has 1 aliphatic rings. The van der Waals surface area contributed by atoms with Gasteiger partial charge in [-0.25, -0.2) is 0 Å². The van der Waals surface area contributed by atoms with Gasteiger partial charge in [-0.15, -0.1) is 0 Å². The van der Waals surface area contributed by atoms with Gasteiger partial charge in [-0.05, 0) is 17.2 Å². The number of non-ortho nitro benzene ring substituents is 1. The number of carbonyl (C=O) groups is 1. The molecule has 2 aromatic carbocycles. The maximum atomic E-state index is 12.4. The van der Waals surface area contributed by atoms with Crippen molar-refractivity contribution in [2.45, 2.75) is 11.8 Å². The molecule has 1 amide bonds. The molecule has 1 unspecified atom stereocenters. The van der Waals surface area contributed by atoms with Crippen LogP contribution in [0.4, 0.5) is 11.4 Å². The Bertz CT molecular complexity index is 819. The van der Waals surface area contributed by atoms with E-state index in [1.54, 1.807) is 24.3 Å². The minimum atomic E-state index is -0.704. The average Bonchev–Trinajstić information content (AvgIpc) is 2.88. The molecule has 0 saturated heterocycles. The van der Waals surface area contributed by atoms with Gasteiger partial charge in [0.05, 0.1) is 16.8 Å². The number of anilines is 1. The van der Waals surface area contributed by atoms with E-state index < -0.39 is 28.2 Å². The molecule has 0 bridgehead atoms. The largest absolute Gasteiger partial charge is 0.325 e. The van der Waals surface area contributed by atoms with Crippen molar-refractivity contribution in [3.63, 3.8) is 0 Å². The number of nitrogens with one attached hydrogen (secondary N) is 1. The number of carbonyl (C=O) groups excluding carboxylic acids is 1. The van der Waals surface area contributed by atoms with Crippen molar-refractivity contribution in [1.82, 2.24) is 0 Å². The van der Waals surface area contributed by atoms with Crippen molar-refractivity contribution in [2.24, 2.45) is 0 Å². The van der Waals surface area contributed by atoms with Crippen molar-refractivity contribution >= 4 is 17.3 Å². The van der Waals surface area contributed by atoms with E-state index >= 15 is 0 Å². The molecule has 1 heterocycles. The SMILES string of the molecule is O=C1Nc2ccccc2C1[C@H](C[N+](=O)[O-])c1ccc([N+](=O)[O-])cc1. The number of benzene rings is 2. The van der Waals surface area contributed by atoms with Crippen LogP contribution in [-0.4, -0.2) is 22.3 Å². The van der Waals surface area contributed by atoms with E-state index in [1.165, 1.54) is 24.3 Å². The summed E-state index contributed by atoms with van der Waals surface area (Å²) in [5, 5.41) is 24.6. The second kappa shape index (κ2) is 6.07. The van der Waals surface area contributed by atoms with Crippen LogP contribution in [0.1, 0.15) is 23.0 Å². The number of rotatable bonds is 5. The van der Waals surface area contributed by atoms with E-state index in [4.69, 9.17) is 0 Å². The predicted molar refractivity (Wildman–Crippen MR) is 85.5 cm³/mol. The number of fused-ring (bicyclic) bond motifs is 1. The summed E-state index contributed by atoms with van der Waals surface area (Å²) >= 11 is 0. The highest BCUT2D eigenvalue weighted by Gasteiger charge is 2.40. The Balaban J connectivity index is 2.02. The number of nitro groups is 2. The predicted octanol–water partition coefficient (Wildman–Crippen LogP) is 2.69. The van der Waals surface area contributed by atoms with Gasteiger partial charge in [0.15, 0.2) is 0 Å². The van der Waals surface area contributed by atoms with E-state index in [-0.39, 0.29) is 11.6 Å². The smallest absolute Gasteiger partial charge is 0.269 e. The highest BCUT2D eigenvalue weighted by molar-refractivity contribution is 6.03. The molecular formula is C16H13N3O5. The molecule has 1 N–H and O–H groups in total. The van der Waals surface area contributed by atoms with Crippen molar-refractivity contribution < 1.29 is 14.6 Å². The van der Waals surface area contributed by atoms with Gasteiger partial charge in [0, 0.05) is 22.7 Å². The lowest BCUT2D eigenvalue weighted by molar-refractivity contribution is -0.483. The van der Waals surface area contributed by atoms with Gasteiger partial charge in [-0.1, -0.05) is 30.3 Å². The summed E-state index contributed by atoms with van der Waals surface area (Å²) in [5.74, 6) is -1.71. The molecule has 0 spiro atoms. The number of nitro benzene ring substituents is 1. The number of hydrogen-bond acceptors (Lipinski definition) is 5. The lowest BCUT2D eigenvalue weighted by atomic mass is 9.82. The van der Waals surface area contributed by atoms with E-state index in [1.807, 2.05) is 0 Å². The van der Waals surface area contributed by atoms with Gasteiger partial charge < -0.3 is 5.32 Å². The lowest BCUT2D eigenvalue weighted by Crippen LogP contribution is -2.25. The third-order valence-corrected chi connectivity index (χ3v) is 4.12. The first kappa shape index (κ1) is 15.6. The summed E-state index contributed by atoms with van der Waals surface area (Å²) in [6.07, 6.45) is 0. The molecule has 0 radical (unpaired) electrons. The lowest BCUT2D eigenvalue weighted by Gasteiger charge is -2.19. The molecule has 8 nitrogen and oxygen atoms in total. The number of para-hydroxylation sites is 1. The van der Waals surface area contributed by atoms with Gasteiger partial charge in [0.1, 0.15) is 0 Å². The van der Waals surface area contributed by atoms with Gasteiger partial charge in [-0.2, -0.15) is 0 Å². The summed E-state index contributed by atoms with van der Waals surface area (Å²) in [6, 6.07) is 12.6. The van der Waals surface area contributed by atoms with E-state index in [0.29, 0.717) is 16.8 Å². The zero-order chi connectivity index (χ0) is 17.3. The molecule has 0 aromatic heterocycles. The fourth-order valence-electron chi connectivity index (χ4n) is 3.04. The van der Waals surface area contributed by atoms with Crippen LogP contribution in [0.3, 0.4) is 0 Å². The Hall–Kier alpha value is -3.29. The fourth-order valence-corrected chi connectivity index (χ4v) is 3.04. The molecule has 0 fully saturated rings. The summed E-state index contributed by atoms with van der Waals surface area (Å²) < 4.78 is 0. The monoisotopic (exact) mass is 327 g/mol. The minimum absolute atomic E-state index is 0.102. The summed E-state index contributed by atoms with van der Waals surface area (Å²) in [6.45, 7) is -0.440. The Morgan fingerprint density at radius 1 is 1.04 bits per heavy atom. The van der Waals surface area contributed by atoms with Crippen molar-refractivity contribution in [3.05, 3.63) is 79.9 Å². The van der Waals surface area contributed by atoms with Crippen LogP contribution in [0.5, 0.6) is 0 Å². The molecule has 3 rings (SSSR count). The minimum Gasteiger partial charge on any atom is -0.325 e. The van der Waals surface area contributed by atoms with Crippen LogP contribution in [0.15, 0.2) is 48.5 Å². The van der Waals surface area contributed by atoms with Gasteiger partial charge in [0.25, 0.3) is 5.69 Å². The van der Waals surface area contributed by atoms with Crippen molar-refractivity contribution in [3.8, 4) is 0 Å². The first-order valence-electron chi connectivity index (χ1n) is 7.23. The topological polar surface area (TPSA) is 115 Å². The summed E-state index contributed by atoms with van der Waals surface area (Å²) in [5.41, 5.74) is 1.76. The molecule has 1 aliphatic heterocycles. The molecule has 2 aromatic rings. The third-order valence-electron chi connectivity index (χ3n) is 4.12. The van der Waals surface area contributed by atoms with Crippen LogP contribution in [0, 0.1) is 20.2 Å². The Morgan fingerprint density at radius 3 is 2.33 bits per heavy atom. The quantitative estimate of drug-likeness (QED) is 0.669. The average molecular weight is 327 g/mol. The van der Waals surface area contributed by atoms with E-state index in [0.717, 1.165) is 0 Å². The Kier molecular flexibility index (Phi) is 3.95. The first-order valence-corrected chi connectivity index (χ1v) is 7.23. The van der Waals surface area contributed by atoms with E-state index in [9.17, 15) is 25.0 Å². The van der Waals surface area contributed by atoms with Gasteiger partial charge >= 0.3 is 0 Å². The number of amides is 1. The maximum Gasteiger partial charge on any atom is 0.269 e. The molecular weight excluding hydrogens is 314 g/mol. The maximum absolute atomic E-state index is 12.4. The first-order chi connectivity index (χ1) is 11.5. The zero-order valence-electron chi connectivity index (χ0n) is 12.4. The normalized spacial score (nSPS) is 17.0. The van der Waals surface area contributed by atoms with Gasteiger partial charge in [0.2, 0.25) is 12.5 Å². The molecule has 122 valence electrons. The molecule has 8 heteroatoms. The second-order valence-electron chi connectivity index (χ2n) is 5.52. The van der Waals surface area contributed by atoms with Crippen LogP contribution in [0.2, 0.25) is 0 Å². The van der Waals surface area contributed by atoms with Gasteiger partial charge in [-0.3, -0.25) is 25.0 Å². The van der Waals surface area contributed by atoms with Crippen LogP contribution < -0.4 is 5.32 Å². The second-order valence-corrected chi connectivity index (χ2v) is 5.52. The Labute approximate surface area is 136 Å². The number of nitrogens with zero attached hydrogens (tertiary/aromatic N) is 2. The van der Waals surface area contributed by atoms with Crippen LogP contribution >= 0.6 is 0 Å². The number of hydrogen-bond donors (Lipinski definition) is 1. The summed E-state index contributed by atoms with van der Waals surface area (Å²) in [4.78, 5) is 33.2. The zero-order valence-corrected chi connectivity index (χ0v) is 12.4. The summed E-state index contributed by atoms with van der Waals surface area (Å²) in [7, 11) is 0. The third kappa shape index (κ3) is 2.81.